The van der Waals surface area contributed by atoms with Gasteiger partial charge in [0.15, 0.2) is 0 Å². The van der Waals surface area contributed by atoms with E-state index in [0.29, 0.717) is 0 Å². The molecule has 0 aliphatic heterocycles. The quantitative estimate of drug-likeness (QED) is 0.595. The lowest BCUT2D eigenvalue weighted by Gasteiger charge is -2.08. The summed E-state index contributed by atoms with van der Waals surface area (Å²) in [5, 5.41) is 10.3. The van der Waals surface area contributed by atoms with Crippen LogP contribution in [-0.4, -0.2) is 9.78 Å². The van der Waals surface area contributed by atoms with Crippen LogP contribution in [0.15, 0.2) is 85.2 Å². The minimum atomic E-state index is 0.853. The Morgan fingerprint density at radius 1 is 0.750 bits per heavy atom. The van der Waals surface area contributed by atoms with E-state index in [1.165, 1.54) is 21.9 Å². The fraction of sp³-hybridized carbons (Fsp3) is 0.0952. The maximum Gasteiger partial charge on any atom is 0.0645 e. The monoisotopic (exact) mass is 313 g/mol. The van der Waals surface area contributed by atoms with E-state index < -0.39 is 0 Å². The minimum absolute atomic E-state index is 0.853. The van der Waals surface area contributed by atoms with Gasteiger partial charge in [-0.25, -0.2) is 4.68 Å². The molecule has 4 rings (SSSR count). The molecule has 24 heavy (non-hydrogen) atoms. The second kappa shape index (κ2) is 6.69. The molecule has 1 N–H and O–H groups in total. The number of benzene rings is 3. The molecule has 1 heterocycles. The molecule has 0 aliphatic rings. The van der Waals surface area contributed by atoms with Gasteiger partial charge < -0.3 is 5.32 Å². The summed E-state index contributed by atoms with van der Waals surface area (Å²) in [6, 6.07) is 25.5. The van der Waals surface area contributed by atoms with E-state index in [1.54, 1.807) is 6.20 Å². The first-order chi connectivity index (χ1) is 11.9. The predicted octanol–water partition coefficient (Wildman–Crippen LogP) is 4.32. The second-order valence-electron chi connectivity index (χ2n) is 5.90. The van der Waals surface area contributed by atoms with Crippen molar-refractivity contribution in [3.63, 3.8) is 0 Å². The molecule has 3 heteroatoms. The molecule has 0 aliphatic carbocycles. The van der Waals surface area contributed by atoms with E-state index in [1.807, 2.05) is 16.9 Å². The Kier molecular flexibility index (Phi) is 4.09. The predicted molar refractivity (Wildman–Crippen MR) is 98.1 cm³/mol. The van der Waals surface area contributed by atoms with Crippen LogP contribution in [0.5, 0.6) is 0 Å². The molecule has 0 saturated carbocycles. The Hall–Kier alpha value is -2.91. The zero-order valence-electron chi connectivity index (χ0n) is 13.4. The molecule has 118 valence electrons. The van der Waals surface area contributed by atoms with Gasteiger partial charge in [0.05, 0.1) is 5.69 Å². The third-order valence-corrected chi connectivity index (χ3v) is 4.18. The fourth-order valence-electron chi connectivity index (χ4n) is 2.89. The highest BCUT2D eigenvalue weighted by Crippen LogP contribution is 2.15. The van der Waals surface area contributed by atoms with Crippen molar-refractivity contribution < 1.29 is 0 Å². The van der Waals surface area contributed by atoms with Gasteiger partial charge in [-0.05, 0) is 46.2 Å². The van der Waals surface area contributed by atoms with Crippen molar-refractivity contribution in [1.82, 2.24) is 15.1 Å². The van der Waals surface area contributed by atoms with Crippen LogP contribution in [0.2, 0.25) is 0 Å². The SMILES string of the molecule is c1ccc2cc(CNCc3ccc(-n4cccn4)cc3)ccc2c1. The highest BCUT2D eigenvalue weighted by molar-refractivity contribution is 5.82. The van der Waals surface area contributed by atoms with Crippen molar-refractivity contribution in [2.45, 2.75) is 13.1 Å². The van der Waals surface area contributed by atoms with E-state index >= 15 is 0 Å². The van der Waals surface area contributed by atoms with Crippen LogP contribution in [0.4, 0.5) is 0 Å². The third-order valence-electron chi connectivity index (χ3n) is 4.18. The Labute approximate surface area is 141 Å². The molecular weight excluding hydrogens is 294 g/mol. The standard InChI is InChI=1S/C21H19N3/c1-2-5-20-14-18(6-9-19(20)4-1)16-22-15-17-7-10-21(11-8-17)24-13-3-12-23-24/h1-14,22H,15-16H2. The number of hydrogen-bond acceptors (Lipinski definition) is 2. The Bertz CT molecular complexity index is 925. The highest BCUT2D eigenvalue weighted by Gasteiger charge is 1.99. The van der Waals surface area contributed by atoms with E-state index in [0.717, 1.165) is 18.8 Å². The molecule has 0 unspecified atom stereocenters. The molecule has 0 fully saturated rings. The van der Waals surface area contributed by atoms with Gasteiger partial charge in [-0.15, -0.1) is 0 Å². The first-order valence-corrected chi connectivity index (χ1v) is 8.16. The van der Waals surface area contributed by atoms with Gasteiger partial charge in [-0.1, -0.05) is 48.5 Å². The molecule has 0 radical (unpaired) electrons. The lowest BCUT2D eigenvalue weighted by atomic mass is 10.1. The van der Waals surface area contributed by atoms with Gasteiger partial charge in [0.2, 0.25) is 0 Å². The summed E-state index contributed by atoms with van der Waals surface area (Å²) < 4.78 is 1.87. The first-order valence-electron chi connectivity index (χ1n) is 8.16. The molecular formula is C21H19N3. The summed E-state index contributed by atoms with van der Waals surface area (Å²) in [7, 11) is 0. The van der Waals surface area contributed by atoms with Gasteiger partial charge in [0.1, 0.15) is 0 Å². The number of nitrogens with zero attached hydrogens (tertiary/aromatic N) is 2. The van der Waals surface area contributed by atoms with Crippen molar-refractivity contribution >= 4 is 10.8 Å². The number of hydrogen-bond donors (Lipinski definition) is 1. The normalized spacial score (nSPS) is 11.0. The summed E-state index contributed by atoms with van der Waals surface area (Å²) in [5.41, 5.74) is 3.66. The maximum absolute atomic E-state index is 4.24. The molecule has 0 bridgehead atoms. The largest absolute Gasteiger partial charge is 0.309 e. The summed E-state index contributed by atoms with van der Waals surface area (Å²) >= 11 is 0. The zero-order valence-corrected chi connectivity index (χ0v) is 13.4. The number of nitrogens with one attached hydrogen (secondary N) is 1. The second-order valence-corrected chi connectivity index (χ2v) is 5.90. The lowest BCUT2D eigenvalue weighted by Crippen LogP contribution is -2.12. The molecule has 0 amide bonds. The zero-order chi connectivity index (χ0) is 16.2. The molecule has 0 atom stereocenters. The van der Waals surface area contributed by atoms with Crippen LogP contribution in [0.3, 0.4) is 0 Å². The van der Waals surface area contributed by atoms with Gasteiger partial charge in [-0.2, -0.15) is 5.10 Å². The van der Waals surface area contributed by atoms with E-state index in [2.05, 4.69) is 77.1 Å². The number of fused-ring (bicyclic) bond motifs is 1. The third kappa shape index (κ3) is 3.21. The molecule has 3 aromatic carbocycles. The van der Waals surface area contributed by atoms with Crippen molar-refractivity contribution in [2.75, 3.05) is 0 Å². The average molecular weight is 313 g/mol. The van der Waals surface area contributed by atoms with E-state index in [4.69, 9.17) is 0 Å². The molecule has 0 spiro atoms. The summed E-state index contributed by atoms with van der Waals surface area (Å²) in [6.45, 7) is 1.72. The lowest BCUT2D eigenvalue weighted by molar-refractivity contribution is 0.693. The highest BCUT2D eigenvalue weighted by atomic mass is 15.3. The maximum atomic E-state index is 4.24. The van der Waals surface area contributed by atoms with Crippen LogP contribution in [-0.2, 0) is 13.1 Å². The first kappa shape index (κ1) is 14.7. The van der Waals surface area contributed by atoms with E-state index in [-0.39, 0.29) is 0 Å². The van der Waals surface area contributed by atoms with Crippen LogP contribution in [0.25, 0.3) is 16.5 Å². The van der Waals surface area contributed by atoms with Crippen LogP contribution < -0.4 is 5.32 Å². The van der Waals surface area contributed by atoms with Crippen molar-refractivity contribution in [2.24, 2.45) is 0 Å². The van der Waals surface area contributed by atoms with Gasteiger partial charge in [-0.3, -0.25) is 0 Å². The van der Waals surface area contributed by atoms with Crippen molar-refractivity contribution in [3.8, 4) is 5.69 Å². The average Bonchev–Trinajstić information content (AvgIpc) is 3.17. The Morgan fingerprint density at radius 2 is 1.50 bits per heavy atom. The van der Waals surface area contributed by atoms with Gasteiger partial charge >= 0.3 is 0 Å². The van der Waals surface area contributed by atoms with Crippen LogP contribution >= 0.6 is 0 Å². The smallest absolute Gasteiger partial charge is 0.0645 e. The minimum Gasteiger partial charge on any atom is -0.309 e. The fourth-order valence-corrected chi connectivity index (χ4v) is 2.89. The van der Waals surface area contributed by atoms with E-state index in [9.17, 15) is 0 Å². The number of aromatic nitrogens is 2. The molecule has 1 aromatic heterocycles. The number of rotatable bonds is 5. The summed E-state index contributed by atoms with van der Waals surface area (Å²) in [6.07, 6.45) is 3.74. The summed E-state index contributed by atoms with van der Waals surface area (Å²) in [4.78, 5) is 0. The summed E-state index contributed by atoms with van der Waals surface area (Å²) in [5.74, 6) is 0. The molecule has 3 nitrogen and oxygen atoms in total. The van der Waals surface area contributed by atoms with Crippen molar-refractivity contribution in [3.05, 3.63) is 96.3 Å². The Morgan fingerprint density at radius 3 is 2.29 bits per heavy atom. The molecule has 0 saturated heterocycles. The van der Waals surface area contributed by atoms with Crippen molar-refractivity contribution in [1.29, 1.82) is 0 Å². The Balaban J connectivity index is 1.38. The van der Waals surface area contributed by atoms with Crippen LogP contribution in [0, 0.1) is 0 Å². The topological polar surface area (TPSA) is 29.9 Å². The molecule has 4 aromatic rings. The van der Waals surface area contributed by atoms with Gasteiger partial charge in [0.25, 0.3) is 0 Å². The van der Waals surface area contributed by atoms with Gasteiger partial charge in [0, 0.05) is 25.5 Å². The van der Waals surface area contributed by atoms with Crippen LogP contribution in [0.1, 0.15) is 11.1 Å².